The summed E-state index contributed by atoms with van der Waals surface area (Å²) in [5.41, 5.74) is 7.91. The van der Waals surface area contributed by atoms with Gasteiger partial charge in [-0.3, -0.25) is 4.98 Å². The molecule has 0 saturated heterocycles. The number of aryl methyl sites for hydroxylation is 1. The Morgan fingerprint density at radius 1 is 1.62 bits per heavy atom. The molecule has 0 spiro atoms. The highest BCUT2D eigenvalue weighted by molar-refractivity contribution is 7.09. The molecule has 1 aliphatic carbocycles. The quantitative estimate of drug-likeness (QED) is 0.784. The molecule has 1 aromatic rings. The minimum absolute atomic E-state index is 0.466. The Morgan fingerprint density at radius 3 is 3.08 bits per heavy atom. The second-order valence-corrected chi connectivity index (χ2v) is 4.83. The van der Waals surface area contributed by atoms with E-state index in [2.05, 4.69) is 4.98 Å². The summed E-state index contributed by atoms with van der Waals surface area (Å²) >= 11 is 1.75. The van der Waals surface area contributed by atoms with Crippen molar-refractivity contribution in [2.24, 2.45) is 11.7 Å². The van der Waals surface area contributed by atoms with Gasteiger partial charge in [0.15, 0.2) is 0 Å². The van der Waals surface area contributed by atoms with Gasteiger partial charge in [-0.1, -0.05) is 0 Å². The van der Waals surface area contributed by atoms with Crippen molar-refractivity contribution in [1.82, 2.24) is 4.98 Å². The van der Waals surface area contributed by atoms with Crippen LogP contribution in [0.5, 0.6) is 0 Å². The fourth-order valence-corrected chi connectivity index (χ4v) is 2.28. The first-order valence-electron chi connectivity index (χ1n) is 4.99. The van der Waals surface area contributed by atoms with Gasteiger partial charge in [0, 0.05) is 17.1 Å². The molecule has 0 aromatic carbocycles. The normalized spacial score (nSPS) is 18.8. The predicted octanol–water partition coefficient (Wildman–Crippen LogP) is 2.20. The van der Waals surface area contributed by atoms with Crippen LogP contribution in [0.25, 0.3) is 0 Å². The highest BCUT2D eigenvalue weighted by atomic mass is 32.1. The van der Waals surface area contributed by atoms with Gasteiger partial charge in [-0.2, -0.15) is 0 Å². The van der Waals surface area contributed by atoms with Crippen LogP contribution in [0.3, 0.4) is 0 Å². The van der Waals surface area contributed by atoms with Crippen molar-refractivity contribution >= 4 is 11.3 Å². The largest absolute Gasteiger partial charge is 0.327 e. The molecule has 1 unspecified atom stereocenters. The second-order valence-electron chi connectivity index (χ2n) is 3.86. The van der Waals surface area contributed by atoms with Crippen molar-refractivity contribution in [3.8, 4) is 0 Å². The van der Waals surface area contributed by atoms with Gasteiger partial charge in [0.2, 0.25) is 0 Å². The minimum Gasteiger partial charge on any atom is -0.327 e. The number of nitrogens with two attached hydrogens (primary N) is 1. The van der Waals surface area contributed by atoms with Gasteiger partial charge in [-0.15, -0.1) is 11.3 Å². The highest BCUT2D eigenvalue weighted by Gasteiger charge is 2.27. The highest BCUT2D eigenvalue weighted by Crippen LogP contribution is 2.33. The summed E-state index contributed by atoms with van der Waals surface area (Å²) in [5, 5.41) is 0. The van der Waals surface area contributed by atoms with Crippen molar-refractivity contribution in [1.29, 1.82) is 0 Å². The summed E-state index contributed by atoms with van der Waals surface area (Å²) in [6.45, 7) is 0. The summed E-state index contributed by atoms with van der Waals surface area (Å²) in [7, 11) is 0. The Balaban J connectivity index is 1.63. The topological polar surface area (TPSA) is 38.9 Å². The van der Waals surface area contributed by atoms with E-state index in [9.17, 15) is 0 Å². The van der Waals surface area contributed by atoms with Crippen LogP contribution in [0.2, 0.25) is 0 Å². The van der Waals surface area contributed by atoms with Crippen LogP contribution in [0.1, 0.15) is 30.6 Å². The molecule has 1 heterocycles. The van der Waals surface area contributed by atoms with Gasteiger partial charge in [0.25, 0.3) is 0 Å². The van der Waals surface area contributed by atoms with E-state index in [-0.39, 0.29) is 0 Å². The maximum absolute atomic E-state index is 6.01. The van der Waals surface area contributed by atoms with Crippen molar-refractivity contribution in [2.45, 2.75) is 38.1 Å². The standard InChI is InChI=1S/C10H16N2S/c11-10(8-4-5-8)3-1-2-9-6-12-7-13-9/h6-8,10H,1-5,11H2. The molecule has 72 valence electrons. The lowest BCUT2D eigenvalue weighted by Gasteiger charge is -2.08. The van der Waals surface area contributed by atoms with Gasteiger partial charge in [-0.05, 0) is 38.0 Å². The van der Waals surface area contributed by atoms with Crippen LogP contribution in [-0.4, -0.2) is 11.0 Å². The van der Waals surface area contributed by atoms with Crippen LogP contribution in [0.15, 0.2) is 11.7 Å². The molecule has 1 atom stereocenters. The molecule has 1 aromatic heterocycles. The summed E-state index contributed by atoms with van der Waals surface area (Å²) in [6, 6.07) is 0.466. The Morgan fingerprint density at radius 2 is 2.46 bits per heavy atom. The number of nitrogens with zero attached hydrogens (tertiary/aromatic N) is 1. The van der Waals surface area contributed by atoms with E-state index in [0.717, 1.165) is 12.3 Å². The molecule has 0 aliphatic heterocycles. The number of aromatic nitrogens is 1. The lowest BCUT2D eigenvalue weighted by molar-refractivity contribution is 0.529. The molecule has 1 aliphatic rings. The maximum atomic E-state index is 6.01. The third-order valence-electron chi connectivity index (χ3n) is 2.67. The van der Waals surface area contributed by atoms with Crippen LogP contribution >= 0.6 is 11.3 Å². The molecule has 2 N–H and O–H groups in total. The number of thiazole rings is 1. The molecule has 13 heavy (non-hydrogen) atoms. The van der Waals surface area contributed by atoms with Crippen LogP contribution in [0.4, 0.5) is 0 Å². The molecular formula is C10H16N2S. The van der Waals surface area contributed by atoms with Gasteiger partial charge >= 0.3 is 0 Å². The summed E-state index contributed by atoms with van der Waals surface area (Å²) in [5.74, 6) is 0.849. The van der Waals surface area contributed by atoms with E-state index in [4.69, 9.17) is 5.73 Å². The molecule has 0 bridgehead atoms. The van der Waals surface area contributed by atoms with Crippen molar-refractivity contribution in [3.05, 3.63) is 16.6 Å². The molecule has 0 radical (unpaired) electrons. The van der Waals surface area contributed by atoms with Crippen molar-refractivity contribution in [3.63, 3.8) is 0 Å². The van der Waals surface area contributed by atoms with Crippen LogP contribution in [0, 0.1) is 5.92 Å². The summed E-state index contributed by atoms with van der Waals surface area (Å²) in [6.07, 6.45) is 8.25. The smallest absolute Gasteiger partial charge is 0.0794 e. The Hall–Kier alpha value is -0.410. The first kappa shape index (κ1) is 9.16. The number of hydrogen-bond donors (Lipinski definition) is 1. The maximum Gasteiger partial charge on any atom is 0.0794 e. The minimum atomic E-state index is 0.466. The molecular weight excluding hydrogens is 180 g/mol. The van der Waals surface area contributed by atoms with E-state index in [0.29, 0.717) is 6.04 Å². The molecule has 2 rings (SSSR count). The first-order chi connectivity index (χ1) is 6.36. The van der Waals surface area contributed by atoms with Gasteiger partial charge in [0.05, 0.1) is 5.51 Å². The zero-order valence-electron chi connectivity index (χ0n) is 7.78. The number of hydrogen-bond acceptors (Lipinski definition) is 3. The third kappa shape index (κ3) is 2.78. The van der Waals surface area contributed by atoms with E-state index in [1.807, 2.05) is 11.7 Å². The number of rotatable bonds is 5. The monoisotopic (exact) mass is 196 g/mol. The summed E-state index contributed by atoms with van der Waals surface area (Å²) < 4.78 is 0. The van der Waals surface area contributed by atoms with Gasteiger partial charge in [0.1, 0.15) is 0 Å². The summed E-state index contributed by atoms with van der Waals surface area (Å²) in [4.78, 5) is 5.45. The average molecular weight is 196 g/mol. The first-order valence-corrected chi connectivity index (χ1v) is 5.87. The lowest BCUT2D eigenvalue weighted by atomic mass is 10.1. The molecule has 2 nitrogen and oxygen atoms in total. The second kappa shape index (κ2) is 4.20. The SMILES string of the molecule is NC(CCCc1cncs1)C1CC1. The Labute approximate surface area is 83.2 Å². The Kier molecular flexibility index (Phi) is 2.96. The van der Waals surface area contributed by atoms with E-state index >= 15 is 0 Å². The zero-order valence-corrected chi connectivity index (χ0v) is 8.59. The van der Waals surface area contributed by atoms with Crippen LogP contribution < -0.4 is 5.73 Å². The van der Waals surface area contributed by atoms with Crippen LogP contribution in [-0.2, 0) is 6.42 Å². The molecule has 3 heteroatoms. The van der Waals surface area contributed by atoms with E-state index in [1.165, 1.54) is 30.6 Å². The van der Waals surface area contributed by atoms with E-state index in [1.54, 1.807) is 11.3 Å². The zero-order chi connectivity index (χ0) is 9.10. The molecule has 0 amide bonds. The van der Waals surface area contributed by atoms with Gasteiger partial charge < -0.3 is 5.73 Å². The lowest BCUT2D eigenvalue weighted by Crippen LogP contribution is -2.22. The van der Waals surface area contributed by atoms with Gasteiger partial charge in [-0.25, -0.2) is 0 Å². The fraction of sp³-hybridized carbons (Fsp3) is 0.700. The third-order valence-corrected chi connectivity index (χ3v) is 3.51. The van der Waals surface area contributed by atoms with Crippen molar-refractivity contribution in [2.75, 3.05) is 0 Å². The van der Waals surface area contributed by atoms with Crippen molar-refractivity contribution < 1.29 is 0 Å². The Bertz CT molecular complexity index is 241. The molecule has 1 fully saturated rings. The van der Waals surface area contributed by atoms with E-state index < -0.39 is 0 Å². The fourth-order valence-electron chi connectivity index (χ4n) is 1.64. The average Bonchev–Trinajstić information content (AvgIpc) is 2.86. The predicted molar refractivity (Wildman–Crippen MR) is 55.8 cm³/mol. The molecule has 1 saturated carbocycles.